The molecule has 1 heterocycles. The van der Waals surface area contributed by atoms with Gasteiger partial charge in [-0.25, -0.2) is 0 Å². The van der Waals surface area contributed by atoms with Gasteiger partial charge in [0.2, 0.25) is 5.82 Å². The Balaban J connectivity index is 1.41. The third-order valence-corrected chi connectivity index (χ3v) is 4.05. The normalized spacial score (nSPS) is 10.4. The standard InChI is InChI=1S/C20H19N5O6/c1-13-5-4-6-14(11-13)18-23-20(31-24-18)19(27)22-10-9-21-17(26)12-30-16-8-3-2-7-15(16)25(28)29/h2-8,11H,9-10,12H2,1H3,(H,21,26)(H,22,27). The van der Waals surface area contributed by atoms with Crippen LogP contribution in [0.3, 0.4) is 0 Å². The van der Waals surface area contributed by atoms with E-state index in [4.69, 9.17) is 9.26 Å². The van der Waals surface area contributed by atoms with Crippen molar-refractivity contribution in [2.45, 2.75) is 6.92 Å². The average Bonchev–Trinajstić information content (AvgIpc) is 3.26. The topological polar surface area (TPSA) is 149 Å². The van der Waals surface area contributed by atoms with Gasteiger partial charge in [0.05, 0.1) is 4.92 Å². The fourth-order valence-corrected chi connectivity index (χ4v) is 2.60. The monoisotopic (exact) mass is 425 g/mol. The molecule has 0 bridgehead atoms. The summed E-state index contributed by atoms with van der Waals surface area (Å²) in [5, 5.41) is 19.8. The minimum atomic E-state index is -0.593. The van der Waals surface area contributed by atoms with Gasteiger partial charge < -0.3 is 19.9 Å². The molecule has 0 saturated carbocycles. The summed E-state index contributed by atoms with van der Waals surface area (Å²) < 4.78 is 10.2. The van der Waals surface area contributed by atoms with E-state index in [0.717, 1.165) is 11.1 Å². The Bertz CT molecular complexity index is 1100. The number of nitro benzene ring substituents is 1. The number of carbonyl (C=O) groups excluding carboxylic acids is 2. The molecule has 3 rings (SSSR count). The molecule has 0 saturated heterocycles. The molecule has 0 fully saturated rings. The van der Waals surface area contributed by atoms with Crippen molar-refractivity contribution < 1.29 is 23.8 Å². The van der Waals surface area contributed by atoms with Crippen LogP contribution in [-0.4, -0.2) is 46.6 Å². The summed E-state index contributed by atoms with van der Waals surface area (Å²) >= 11 is 0. The Labute approximate surface area is 176 Å². The molecule has 0 aliphatic heterocycles. The van der Waals surface area contributed by atoms with Gasteiger partial charge in [-0.2, -0.15) is 4.98 Å². The summed E-state index contributed by atoms with van der Waals surface area (Å²) in [5.74, 6) is -0.961. The Morgan fingerprint density at radius 2 is 1.90 bits per heavy atom. The SMILES string of the molecule is Cc1cccc(-c2noc(C(=O)NCCNC(=O)COc3ccccc3[N+](=O)[O-])n2)c1. The highest BCUT2D eigenvalue weighted by Crippen LogP contribution is 2.25. The number of amides is 2. The number of aryl methyl sites for hydroxylation is 1. The fraction of sp³-hybridized carbons (Fsp3) is 0.200. The lowest BCUT2D eigenvalue weighted by Crippen LogP contribution is -2.36. The van der Waals surface area contributed by atoms with Gasteiger partial charge >= 0.3 is 17.5 Å². The van der Waals surface area contributed by atoms with Gasteiger partial charge in [-0.05, 0) is 19.1 Å². The third kappa shape index (κ3) is 5.85. The molecule has 0 radical (unpaired) electrons. The van der Waals surface area contributed by atoms with E-state index < -0.39 is 23.3 Å². The molecule has 3 aromatic rings. The molecule has 2 N–H and O–H groups in total. The summed E-state index contributed by atoms with van der Waals surface area (Å²) in [7, 11) is 0. The van der Waals surface area contributed by atoms with Crippen molar-refractivity contribution >= 4 is 17.5 Å². The van der Waals surface area contributed by atoms with Crippen LogP contribution in [0.25, 0.3) is 11.4 Å². The molecule has 0 aliphatic rings. The highest BCUT2D eigenvalue weighted by molar-refractivity contribution is 5.89. The number of nitro groups is 1. The molecule has 0 atom stereocenters. The molecule has 11 heteroatoms. The highest BCUT2D eigenvalue weighted by atomic mass is 16.6. The molecular formula is C20H19N5O6. The number of aromatic nitrogens is 2. The van der Waals surface area contributed by atoms with E-state index in [0.29, 0.717) is 5.82 Å². The van der Waals surface area contributed by atoms with E-state index in [1.165, 1.54) is 18.2 Å². The first-order chi connectivity index (χ1) is 14.9. The van der Waals surface area contributed by atoms with Crippen molar-refractivity contribution in [3.8, 4) is 17.1 Å². The van der Waals surface area contributed by atoms with E-state index in [1.807, 2.05) is 25.1 Å². The van der Waals surface area contributed by atoms with E-state index in [9.17, 15) is 19.7 Å². The summed E-state index contributed by atoms with van der Waals surface area (Å²) in [5.41, 5.74) is 1.52. The maximum atomic E-state index is 12.1. The van der Waals surface area contributed by atoms with Crippen LogP contribution in [0.4, 0.5) is 5.69 Å². The van der Waals surface area contributed by atoms with Crippen LogP contribution in [0, 0.1) is 17.0 Å². The van der Waals surface area contributed by atoms with Crippen molar-refractivity contribution in [2.24, 2.45) is 0 Å². The molecular weight excluding hydrogens is 406 g/mol. The number of carbonyl (C=O) groups is 2. The minimum absolute atomic E-state index is 0.00300. The lowest BCUT2D eigenvalue weighted by Gasteiger charge is -2.08. The number of ether oxygens (including phenoxy) is 1. The number of rotatable bonds is 9. The van der Waals surface area contributed by atoms with E-state index >= 15 is 0 Å². The highest BCUT2D eigenvalue weighted by Gasteiger charge is 2.17. The van der Waals surface area contributed by atoms with Crippen LogP contribution in [0.2, 0.25) is 0 Å². The second-order valence-electron chi connectivity index (χ2n) is 6.41. The number of hydrogen-bond acceptors (Lipinski definition) is 8. The number of nitrogens with one attached hydrogen (secondary N) is 2. The zero-order valence-electron chi connectivity index (χ0n) is 16.5. The fourth-order valence-electron chi connectivity index (χ4n) is 2.60. The van der Waals surface area contributed by atoms with Crippen molar-refractivity contribution in [3.05, 3.63) is 70.1 Å². The third-order valence-electron chi connectivity index (χ3n) is 4.05. The van der Waals surface area contributed by atoms with Crippen LogP contribution in [0.15, 0.2) is 53.1 Å². The Morgan fingerprint density at radius 3 is 2.68 bits per heavy atom. The van der Waals surface area contributed by atoms with Crippen molar-refractivity contribution in [2.75, 3.05) is 19.7 Å². The first kappa shape index (κ1) is 21.4. The second-order valence-corrected chi connectivity index (χ2v) is 6.41. The predicted molar refractivity (Wildman–Crippen MR) is 108 cm³/mol. The first-order valence-electron chi connectivity index (χ1n) is 9.26. The largest absolute Gasteiger partial charge is 0.477 e. The van der Waals surface area contributed by atoms with E-state index in [-0.39, 0.29) is 30.4 Å². The van der Waals surface area contributed by atoms with Gasteiger partial charge in [0, 0.05) is 24.7 Å². The minimum Gasteiger partial charge on any atom is -0.477 e. The zero-order valence-corrected chi connectivity index (χ0v) is 16.5. The second kappa shape index (κ2) is 9.96. The molecule has 0 spiro atoms. The number of para-hydroxylation sites is 2. The number of nitrogens with zero attached hydrogens (tertiary/aromatic N) is 3. The van der Waals surface area contributed by atoms with Gasteiger partial charge in [0.15, 0.2) is 12.4 Å². The van der Waals surface area contributed by atoms with Gasteiger partial charge in [-0.1, -0.05) is 41.1 Å². The Hall–Kier alpha value is -4.28. The molecule has 0 aliphatic carbocycles. The van der Waals surface area contributed by atoms with Gasteiger partial charge in [-0.3, -0.25) is 19.7 Å². The molecule has 11 nitrogen and oxygen atoms in total. The molecule has 31 heavy (non-hydrogen) atoms. The van der Waals surface area contributed by atoms with Gasteiger partial charge in [0.1, 0.15) is 0 Å². The van der Waals surface area contributed by atoms with Crippen molar-refractivity contribution in [1.82, 2.24) is 20.8 Å². The number of benzene rings is 2. The van der Waals surface area contributed by atoms with Crippen LogP contribution < -0.4 is 15.4 Å². The Morgan fingerprint density at radius 1 is 1.13 bits per heavy atom. The molecule has 2 amide bonds. The summed E-state index contributed by atoms with van der Waals surface area (Å²) in [6.07, 6.45) is 0. The van der Waals surface area contributed by atoms with Crippen LogP contribution in [0.5, 0.6) is 5.75 Å². The average molecular weight is 425 g/mol. The molecule has 0 unspecified atom stereocenters. The van der Waals surface area contributed by atoms with Crippen LogP contribution in [-0.2, 0) is 4.79 Å². The van der Waals surface area contributed by atoms with E-state index in [1.54, 1.807) is 12.1 Å². The van der Waals surface area contributed by atoms with Crippen molar-refractivity contribution in [1.29, 1.82) is 0 Å². The Kier molecular flexibility index (Phi) is 6.89. The predicted octanol–water partition coefficient (Wildman–Crippen LogP) is 1.88. The maximum absolute atomic E-state index is 12.1. The molecule has 160 valence electrons. The quantitative estimate of drug-likeness (QED) is 0.300. The van der Waals surface area contributed by atoms with E-state index in [2.05, 4.69) is 20.8 Å². The van der Waals surface area contributed by atoms with Gasteiger partial charge in [0.25, 0.3) is 5.91 Å². The lowest BCUT2D eigenvalue weighted by molar-refractivity contribution is -0.385. The summed E-state index contributed by atoms with van der Waals surface area (Å²) in [6.45, 7) is 1.75. The van der Waals surface area contributed by atoms with Crippen LogP contribution in [0.1, 0.15) is 16.2 Å². The number of hydrogen-bond donors (Lipinski definition) is 2. The smallest absolute Gasteiger partial charge is 0.316 e. The summed E-state index contributed by atoms with van der Waals surface area (Å²) in [4.78, 5) is 38.3. The summed E-state index contributed by atoms with van der Waals surface area (Å²) in [6, 6.07) is 13.2. The van der Waals surface area contributed by atoms with Crippen molar-refractivity contribution in [3.63, 3.8) is 0 Å². The first-order valence-corrected chi connectivity index (χ1v) is 9.26. The molecule has 1 aromatic heterocycles. The van der Waals surface area contributed by atoms with Gasteiger partial charge in [-0.15, -0.1) is 0 Å². The lowest BCUT2D eigenvalue weighted by atomic mass is 10.1. The zero-order chi connectivity index (χ0) is 22.2. The molecule has 2 aromatic carbocycles. The van der Waals surface area contributed by atoms with Crippen LogP contribution >= 0.6 is 0 Å². The maximum Gasteiger partial charge on any atom is 0.316 e.